The molecule has 1 saturated heterocycles. The third-order valence-electron chi connectivity index (χ3n) is 3.77. The smallest absolute Gasteiger partial charge is 0.237 e. The monoisotopic (exact) mass is 302 g/mol. The van der Waals surface area contributed by atoms with E-state index in [1.807, 2.05) is 42.2 Å². The Bertz CT molecular complexity index is 644. The van der Waals surface area contributed by atoms with Crippen LogP contribution in [-0.2, 0) is 16.1 Å². The lowest BCUT2D eigenvalue weighted by Crippen LogP contribution is -2.56. The number of nitrogens with two attached hydrogens (primary N) is 1. The van der Waals surface area contributed by atoms with Crippen molar-refractivity contribution < 1.29 is 9.53 Å². The van der Waals surface area contributed by atoms with Gasteiger partial charge in [-0.15, -0.1) is 5.10 Å². The van der Waals surface area contributed by atoms with E-state index >= 15 is 0 Å². The molecule has 1 aliphatic heterocycles. The number of ether oxygens (including phenoxy) is 1. The van der Waals surface area contributed by atoms with Gasteiger partial charge in [0.25, 0.3) is 0 Å². The van der Waals surface area contributed by atoms with Crippen LogP contribution in [0.2, 0.25) is 0 Å². The molecule has 22 heavy (non-hydrogen) atoms. The predicted octanol–water partition coefficient (Wildman–Crippen LogP) is -0.263. The van der Waals surface area contributed by atoms with Gasteiger partial charge in [-0.3, -0.25) is 9.69 Å². The number of amides is 1. The zero-order valence-electron chi connectivity index (χ0n) is 12.3. The van der Waals surface area contributed by atoms with Crippen LogP contribution in [0.25, 0.3) is 5.69 Å². The second-order valence-electron chi connectivity index (χ2n) is 5.24. The number of benzene rings is 1. The molecular weight excluding hydrogens is 284 g/mol. The number of aromatic nitrogens is 4. The first kappa shape index (κ1) is 14.6. The third-order valence-corrected chi connectivity index (χ3v) is 3.77. The van der Waals surface area contributed by atoms with E-state index in [0.717, 1.165) is 5.69 Å². The van der Waals surface area contributed by atoms with Crippen molar-refractivity contribution >= 4 is 5.91 Å². The van der Waals surface area contributed by atoms with Gasteiger partial charge in [-0.2, -0.15) is 4.68 Å². The molecule has 8 heteroatoms. The van der Waals surface area contributed by atoms with E-state index in [2.05, 4.69) is 15.5 Å². The summed E-state index contributed by atoms with van der Waals surface area (Å²) in [6.07, 6.45) is -0.243. The summed E-state index contributed by atoms with van der Waals surface area (Å²) in [4.78, 5) is 13.7. The van der Waals surface area contributed by atoms with Crippen molar-refractivity contribution in [1.29, 1.82) is 0 Å². The fourth-order valence-electron chi connectivity index (χ4n) is 2.73. The zero-order chi connectivity index (χ0) is 15.5. The minimum absolute atomic E-state index is 0.243. The number of para-hydroxylation sites is 1. The highest BCUT2D eigenvalue weighted by Gasteiger charge is 2.34. The van der Waals surface area contributed by atoms with Gasteiger partial charge in [-0.1, -0.05) is 18.2 Å². The van der Waals surface area contributed by atoms with Crippen LogP contribution >= 0.6 is 0 Å². The summed E-state index contributed by atoms with van der Waals surface area (Å²) < 4.78 is 7.18. The van der Waals surface area contributed by atoms with Crippen LogP contribution in [-0.4, -0.2) is 56.3 Å². The molecule has 0 bridgehead atoms. The van der Waals surface area contributed by atoms with Gasteiger partial charge < -0.3 is 10.5 Å². The average Bonchev–Trinajstić information content (AvgIpc) is 2.96. The normalized spacial score (nSPS) is 22.6. The Balaban J connectivity index is 1.84. The van der Waals surface area contributed by atoms with Crippen molar-refractivity contribution in [3.05, 3.63) is 36.2 Å². The minimum Gasteiger partial charge on any atom is -0.375 e. The van der Waals surface area contributed by atoms with Crippen LogP contribution in [0.3, 0.4) is 0 Å². The van der Waals surface area contributed by atoms with Crippen LogP contribution in [0.1, 0.15) is 12.7 Å². The maximum atomic E-state index is 11.7. The van der Waals surface area contributed by atoms with Crippen LogP contribution in [0.4, 0.5) is 0 Å². The molecule has 2 atom stereocenters. The lowest BCUT2D eigenvalue weighted by molar-refractivity contribution is -0.136. The average molecular weight is 302 g/mol. The number of rotatable bonds is 4. The number of hydrogen-bond donors (Lipinski definition) is 1. The Morgan fingerprint density at radius 2 is 2.18 bits per heavy atom. The van der Waals surface area contributed by atoms with Crippen molar-refractivity contribution in [3.8, 4) is 5.69 Å². The molecule has 1 amide bonds. The van der Waals surface area contributed by atoms with Gasteiger partial charge >= 0.3 is 0 Å². The van der Waals surface area contributed by atoms with E-state index in [1.165, 1.54) is 0 Å². The van der Waals surface area contributed by atoms with E-state index in [9.17, 15) is 4.79 Å². The van der Waals surface area contributed by atoms with Crippen LogP contribution < -0.4 is 5.73 Å². The highest BCUT2D eigenvalue weighted by molar-refractivity contribution is 5.80. The Kier molecular flexibility index (Phi) is 4.12. The molecule has 1 aromatic heterocycles. The standard InChI is InChI=1S/C14H18N6O2/c1-10-13(14(15)21)19(7-8-22-10)9-12-16-17-18-20(12)11-5-3-2-4-6-11/h2-6,10,13H,7-9H2,1H3,(H2,15,21)/t10-,13+/m1/s1. The van der Waals surface area contributed by atoms with Crippen LogP contribution in [0.5, 0.6) is 0 Å². The molecule has 0 aliphatic carbocycles. The maximum Gasteiger partial charge on any atom is 0.237 e. The second-order valence-corrected chi connectivity index (χ2v) is 5.24. The van der Waals surface area contributed by atoms with Crippen molar-refractivity contribution in [2.24, 2.45) is 5.73 Å². The summed E-state index contributed by atoms with van der Waals surface area (Å²) >= 11 is 0. The summed E-state index contributed by atoms with van der Waals surface area (Å²) in [6.45, 7) is 3.45. The lowest BCUT2D eigenvalue weighted by Gasteiger charge is -2.37. The molecule has 0 spiro atoms. The van der Waals surface area contributed by atoms with Crippen LogP contribution in [0.15, 0.2) is 30.3 Å². The number of carbonyl (C=O) groups is 1. The van der Waals surface area contributed by atoms with Crippen LogP contribution in [0, 0.1) is 0 Å². The lowest BCUT2D eigenvalue weighted by atomic mass is 10.1. The number of tetrazole rings is 1. The van der Waals surface area contributed by atoms with E-state index in [-0.39, 0.29) is 6.10 Å². The molecule has 1 aromatic carbocycles. The van der Waals surface area contributed by atoms with Crippen molar-refractivity contribution in [1.82, 2.24) is 25.1 Å². The SMILES string of the molecule is C[C@H]1OCCN(Cc2nnnn2-c2ccccc2)[C@@H]1C(N)=O. The molecular formula is C14H18N6O2. The zero-order valence-corrected chi connectivity index (χ0v) is 12.3. The van der Waals surface area contributed by atoms with Gasteiger partial charge in [0, 0.05) is 6.54 Å². The predicted molar refractivity (Wildman–Crippen MR) is 78.0 cm³/mol. The summed E-state index contributed by atoms with van der Waals surface area (Å²) in [6, 6.07) is 9.14. The first-order valence-electron chi connectivity index (χ1n) is 7.14. The minimum atomic E-state index is -0.477. The van der Waals surface area contributed by atoms with Crippen molar-refractivity contribution in [2.45, 2.75) is 25.6 Å². The Hall–Kier alpha value is -2.32. The number of morpholine rings is 1. The third kappa shape index (κ3) is 2.83. The van der Waals surface area contributed by atoms with Gasteiger partial charge in [0.15, 0.2) is 5.82 Å². The highest BCUT2D eigenvalue weighted by Crippen LogP contribution is 2.17. The molecule has 0 saturated carbocycles. The van der Waals surface area contributed by atoms with Gasteiger partial charge in [0.05, 0.1) is 24.9 Å². The van der Waals surface area contributed by atoms with E-state index in [0.29, 0.717) is 25.5 Å². The molecule has 0 unspecified atom stereocenters. The first-order chi connectivity index (χ1) is 10.7. The number of hydrogen-bond acceptors (Lipinski definition) is 6. The van der Waals surface area contributed by atoms with Gasteiger partial charge in [-0.05, 0) is 29.5 Å². The van der Waals surface area contributed by atoms with Gasteiger partial charge in [0.2, 0.25) is 5.91 Å². The Morgan fingerprint density at radius 3 is 2.91 bits per heavy atom. The van der Waals surface area contributed by atoms with Gasteiger partial charge in [-0.25, -0.2) is 0 Å². The van der Waals surface area contributed by atoms with Crippen molar-refractivity contribution in [3.63, 3.8) is 0 Å². The van der Waals surface area contributed by atoms with E-state index in [4.69, 9.17) is 10.5 Å². The molecule has 1 aliphatic rings. The van der Waals surface area contributed by atoms with Crippen molar-refractivity contribution in [2.75, 3.05) is 13.2 Å². The number of primary amides is 1. The molecule has 116 valence electrons. The van der Waals surface area contributed by atoms with E-state index < -0.39 is 11.9 Å². The largest absolute Gasteiger partial charge is 0.375 e. The molecule has 3 rings (SSSR count). The summed E-state index contributed by atoms with van der Waals surface area (Å²) in [7, 11) is 0. The Labute approximate surface area is 127 Å². The molecule has 2 N–H and O–H groups in total. The molecule has 8 nitrogen and oxygen atoms in total. The fraction of sp³-hybridized carbons (Fsp3) is 0.429. The fourth-order valence-corrected chi connectivity index (χ4v) is 2.73. The summed E-state index contributed by atoms with van der Waals surface area (Å²) in [5.41, 5.74) is 6.38. The number of nitrogens with zero attached hydrogens (tertiary/aromatic N) is 5. The molecule has 2 heterocycles. The second kappa shape index (κ2) is 6.20. The maximum absolute atomic E-state index is 11.7. The van der Waals surface area contributed by atoms with E-state index in [1.54, 1.807) is 4.68 Å². The molecule has 1 fully saturated rings. The number of carbonyl (C=O) groups excluding carboxylic acids is 1. The quantitative estimate of drug-likeness (QED) is 0.835. The molecule has 0 radical (unpaired) electrons. The topological polar surface area (TPSA) is 99.2 Å². The Morgan fingerprint density at radius 1 is 1.41 bits per heavy atom. The first-order valence-corrected chi connectivity index (χ1v) is 7.14. The highest BCUT2D eigenvalue weighted by atomic mass is 16.5. The summed E-state index contributed by atoms with van der Waals surface area (Å²) in [5, 5.41) is 11.8. The summed E-state index contributed by atoms with van der Waals surface area (Å²) in [5.74, 6) is 0.262. The van der Waals surface area contributed by atoms with Gasteiger partial charge in [0.1, 0.15) is 6.04 Å². The molecule has 2 aromatic rings.